The Hall–Kier alpha value is -2.37. The van der Waals surface area contributed by atoms with E-state index in [-0.39, 0.29) is 5.91 Å². The Kier molecular flexibility index (Phi) is 5.36. The number of hydrogen-bond donors (Lipinski definition) is 1. The van der Waals surface area contributed by atoms with Gasteiger partial charge in [-0.15, -0.1) is 0 Å². The first-order chi connectivity index (χ1) is 12.1. The third kappa shape index (κ3) is 4.18. The lowest BCUT2D eigenvalue weighted by atomic mass is 10.1. The minimum Gasteiger partial charge on any atom is -0.497 e. The Morgan fingerprint density at radius 2 is 2.00 bits per heavy atom. The van der Waals surface area contributed by atoms with E-state index in [1.54, 1.807) is 43.6 Å². The summed E-state index contributed by atoms with van der Waals surface area (Å²) in [7, 11) is 1.62. The molecule has 1 amide bonds. The van der Waals surface area contributed by atoms with Crippen LogP contribution in [-0.2, 0) is 0 Å². The quantitative estimate of drug-likeness (QED) is 0.616. The summed E-state index contributed by atoms with van der Waals surface area (Å²) in [5, 5.41) is 3.33. The molecule has 25 heavy (non-hydrogen) atoms. The molecule has 3 aromatic rings. The molecule has 0 radical (unpaired) electrons. The standard InChI is InChI=1S/C19H14BrClN2O2/c1-25-15-4-2-3-12(9-15)18-8-5-13(11-22-18)19(24)23-14-6-7-16(20)17(21)10-14/h2-11H,1H3,(H,23,24). The summed E-state index contributed by atoms with van der Waals surface area (Å²) in [6.07, 6.45) is 1.55. The van der Waals surface area contributed by atoms with Crippen molar-refractivity contribution in [3.8, 4) is 17.0 Å². The number of anilines is 1. The molecule has 1 aromatic heterocycles. The largest absolute Gasteiger partial charge is 0.497 e. The van der Waals surface area contributed by atoms with E-state index in [0.29, 0.717) is 16.3 Å². The van der Waals surface area contributed by atoms with E-state index in [4.69, 9.17) is 16.3 Å². The van der Waals surface area contributed by atoms with E-state index < -0.39 is 0 Å². The minimum absolute atomic E-state index is 0.247. The highest BCUT2D eigenvalue weighted by Gasteiger charge is 2.09. The molecule has 4 nitrogen and oxygen atoms in total. The number of nitrogens with one attached hydrogen (secondary N) is 1. The minimum atomic E-state index is -0.247. The number of carbonyl (C=O) groups is 1. The van der Waals surface area contributed by atoms with Crippen LogP contribution in [0.3, 0.4) is 0 Å². The van der Waals surface area contributed by atoms with Crippen molar-refractivity contribution in [3.05, 3.63) is 75.9 Å². The molecule has 0 fully saturated rings. The van der Waals surface area contributed by atoms with Crippen LogP contribution in [0.5, 0.6) is 5.75 Å². The maximum absolute atomic E-state index is 12.3. The Morgan fingerprint density at radius 1 is 1.16 bits per heavy atom. The van der Waals surface area contributed by atoms with Gasteiger partial charge in [0, 0.05) is 21.9 Å². The molecule has 6 heteroatoms. The van der Waals surface area contributed by atoms with Gasteiger partial charge in [0.1, 0.15) is 5.75 Å². The van der Waals surface area contributed by atoms with Crippen molar-refractivity contribution in [1.82, 2.24) is 4.98 Å². The highest BCUT2D eigenvalue weighted by Crippen LogP contribution is 2.26. The summed E-state index contributed by atoms with van der Waals surface area (Å²) in [6.45, 7) is 0. The summed E-state index contributed by atoms with van der Waals surface area (Å²) in [5.41, 5.74) is 2.77. The first-order valence-corrected chi connectivity index (χ1v) is 8.61. The number of nitrogens with zero attached hydrogens (tertiary/aromatic N) is 1. The van der Waals surface area contributed by atoms with Gasteiger partial charge >= 0.3 is 0 Å². The summed E-state index contributed by atoms with van der Waals surface area (Å²) in [6, 6.07) is 16.4. The maximum Gasteiger partial charge on any atom is 0.257 e. The van der Waals surface area contributed by atoms with Crippen molar-refractivity contribution in [2.75, 3.05) is 12.4 Å². The predicted molar refractivity (Wildman–Crippen MR) is 103 cm³/mol. The number of methoxy groups -OCH3 is 1. The summed E-state index contributed by atoms with van der Waals surface area (Å²) < 4.78 is 5.99. The molecule has 3 rings (SSSR count). The maximum atomic E-state index is 12.3. The SMILES string of the molecule is COc1cccc(-c2ccc(C(=O)Nc3ccc(Br)c(Cl)c3)cn2)c1. The zero-order chi connectivity index (χ0) is 17.8. The number of benzene rings is 2. The van der Waals surface area contributed by atoms with Gasteiger partial charge in [-0.1, -0.05) is 23.7 Å². The van der Waals surface area contributed by atoms with E-state index in [1.807, 2.05) is 24.3 Å². The molecule has 1 heterocycles. The van der Waals surface area contributed by atoms with Gasteiger partial charge in [-0.2, -0.15) is 0 Å². The third-order valence-corrected chi connectivity index (χ3v) is 4.80. The van der Waals surface area contributed by atoms with Crippen molar-refractivity contribution in [3.63, 3.8) is 0 Å². The number of aromatic nitrogens is 1. The lowest BCUT2D eigenvalue weighted by Gasteiger charge is -2.08. The zero-order valence-corrected chi connectivity index (χ0v) is 15.6. The van der Waals surface area contributed by atoms with Crippen LogP contribution in [0, 0.1) is 0 Å². The van der Waals surface area contributed by atoms with Crippen molar-refractivity contribution < 1.29 is 9.53 Å². The number of halogens is 2. The van der Waals surface area contributed by atoms with Gasteiger partial charge in [0.05, 0.1) is 23.4 Å². The normalized spacial score (nSPS) is 10.4. The van der Waals surface area contributed by atoms with E-state index in [2.05, 4.69) is 26.2 Å². The molecule has 0 aliphatic rings. The molecule has 0 atom stereocenters. The second-order valence-corrected chi connectivity index (χ2v) is 6.51. The summed E-state index contributed by atoms with van der Waals surface area (Å²) in [4.78, 5) is 16.7. The van der Waals surface area contributed by atoms with Gasteiger partial charge in [0.15, 0.2) is 0 Å². The zero-order valence-electron chi connectivity index (χ0n) is 13.3. The first-order valence-electron chi connectivity index (χ1n) is 7.44. The second kappa shape index (κ2) is 7.68. The average molecular weight is 418 g/mol. The van der Waals surface area contributed by atoms with E-state index in [0.717, 1.165) is 21.5 Å². The highest BCUT2D eigenvalue weighted by atomic mass is 79.9. The Balaban J connectivity index is 1.77. The van der Waals surface area contributed by atoms with Crippen LogP contribution in [0.25, 0.3) is 11.3 Å². The van der Waals surface area contributed by atoms with Gasteiger partial charge in [-0.05, 0) is 58.4 Å². The van der Waals surface area contributed by atoms with Crippen LogP contribution >= 0.6 is 27.5 Å². The molecule has 0 aliphatic carbocycles. The van der Waals surface area contributed by atoms with E-state index in [1.165, 1.54) is 0 Å². The number of ether oxygens (including phenoxy) is 1. The third-order valence-electron chi connectivity index (χ3n) is 3.57. The van der Waals surface area contributed by atoms with Crippen LogP contribution in [0.2, 0.25) is 5.02 Å². The number of rotatable bonds is 4. The first kappa shape index (κ1) is 17.5. The fourth-order valence-electron chi connectivity index (χ4n) is 2.26. The molecule has 0 unspecified atom stereocenters. The summed E-state index contributed by atoms with van der Waals surface area (Å²) >= 11 is 9.35. The van der Waals surface area contributed by atoms with Gasteiger partial charge in [-0.25, -0.2) is 0 Å². The lowest BCUT2D eigenvalue weighted by Crippen LogP contribution is -2.12. The fraction of sp³-hybridized carbons (Fsp3) is 0.0526. The van der Waals surface area contributed by atoms with Gasteiger partial charge in [0.25, 0.3) is 5.91 Å². The van der Waals surface area contributed by atoms with Crippen LogP contribution in [0.1, 0.15) is 10.4 Å². The van der Waals surface area contributed by atoms with Gasteiger partial charge in [0.2, 0.25) is 0 Å². The predicted octanol–water partition coefficient (Wildman–Crippen LogP) is 5.43. The monoisotopic (exact) mass is 416 g/mol. The molecule has 0 spiro atoms. The van der Waals surface area contributed by atoms with Crippen molar-refractivity contribution in [1.29, 1.82) is 0 Å². The van der Waals surface area contributed by atoms with Gasteiger partial charge in [-0.3, -0.25) is 9.78 Å². The molecular weight excluding hydrogens is 404 g/mol. The average Bonchev–Trinajstić information content (AvgIpc) is 2.65. The number of carbonyl (C=O) groups excluding carboxylic acids is 1. The molecular formula is C19H14BrClN2O2. The molecule has 0 bridgehead atoms. The molecule has 1 N–H and O–H groups in total. The molecule has 2 aromatic carbocycles. The topological polar surface area (TPSA) is 51.2 Å². The van der Waals surface area contributed by atoms with Crippen molar-refractivity contribution in [2.24, 2.45) is 0 Å². The Bertz CT molecular complexity index is 914. The molecule has 0 aliphatic heterocycles. The lowest BCUT2D eigenvalue weighted by molar-refractivity contribution is 0.102. The summed E-state index contributed by atoms with van der Waals surface area (Å²) in [5.74, 6) is 0.510. The second-order valence-electron chi connectivity index (χ2n) is 5.25. The Morgan fingerprint density at radius 3 is 2.68 bits per heavy atom. The van der Waals surface area contributed by atoms with Crippen LogP contribution in [0.15, 0.2) is 65.3 Å². The van der Waals surface area contributed by atoms with Crippen molar-refractivity contribution >= 4 is 39.1 Å². The number of pyridine rings is 1. The molecule has 0 saturated carbocycles. The van der Waals surface area contributed by atoms with Crippen LogP contribution in [-0.4, -0.2) is 18.0 Å². The molecule has 126 valence electrons. The number of amides is 1. The molecule has 0 saturated heterocycles. The van der Waals surface area contributed by atoms with E-state index in [9.17, 15) is 4.79 Å². The smallest absolute Gasteiger partial charge is 0.257 e. The van der Waals surface area contributed by atoms with E-state index >= 15 is 0 Å². The highest BCUT2D eigenvalue weighted by molar-refractivity contribution is 9.10. The van der Waals surface area contributed by atoms with Crippen LogP contribution in [0.4, 0.5) is 5.69 Å². The fourth-order valence-corrected chi connectivity index (χ4v) is 2.69. The van der Waals surface area contributed by atoms with Gasteiger partial charge < -0.3 is 10.1 Å². The van der Waals surface area contributed by atoms with Crippen LogP contribution < -0.4 is 10.1 Å². The Labute approximate surface area is 158 Å². The van der Waals surface area contributed by atoms with Crippen molar-refractivity contribution in [2.45, 2.75) is 0 Å². The number of hydrogen-bond acceptors (Lipinski definition) is 3.